The molecule has 0 unspecified atom stereocenters. The molecule has 0 aromatic heterocycles. The maximum absolute atomic E-state index is 12.8. The fourth-order valence-corrected chi connectivity index (χ4v) is 2.27. The molecule has 0 fully saturated rings. The molecule has 0 aliphatic rings. The Morgan fingerprint density at radius 3 is 2.13 bits per heavy atom. The molecule has 0 spiro atoms. The second kappa shape index (κ2) is 9.59. The Hall–Kier alpha value is -3.82. The number of ether oxygens (including phenoxy) is 2. The molecule has 0 aliphatic carbocycles. The summed E-state index contributed by atoms with van der Waals surface area (Å²) in [5, 5.41) is 5.05. The van der Waals surface area contributed by atoms with Gasteiger partial charge in [-0.05, 0) is 42.5 Å². The summed E-state index contributed by atoms with van der Waals surface area (Å²) in [4.78, 5) is 35.4. The fourth-order valence-electron chi connectivity index (χ4n) is 2.27. The SMILES string of the molecule is COC(=O)/C=C(/Nc1ccc(C(=O)Nc2cccc(C(F)(F)F)c2)cc1)C(=O)OC. The van der Waals surface area contributed by atoms with Crippen LogP contribution >= 0.6 is 0 Å². The molecule has 0 atom stereocenters. The van der Waals surface area contributed by atoms with Gasteiger partial charge in [-0.1, -0.05) is 6.07 Å². The summed E-state index contributed by atoms with van der Waals surface area (Å²) >= 11 is 0. The molecule has 0 saturated heterocycles. The summed E-state index contributed by atoms with van der Waals surface area (Å²) in [5.74, 6) is -2.22. The Balaban J connectivity index is 2.13. The molecule has 0 aliphatic heterocycles. The minimum atomic E-state index is -4.52. The summed E-state index contributed by atoms with van der Waals surface area (Å²) in [6, 6.07) is 9.91. The molecule has 158 valence electrons. The summed E-state index contributed by atoms with van der Waals surface area (Å²) in [5.41, 5.74) is -0.565. The highest BCUT2D eigenvalue weighted by molar-refractivity contribution is 6.04. The summed E-state index contributed by atoms with van der Waals surface area (Å²) in [6.07, 6.45) is -3.62. The standard InChI is InChI=1S/C20H17F3N2O5/c1-29-17(26)11-16(19(28)30-2)24-14-8-6-12(7-9-14)18(27)25-15-5-3-4-13(10-15)20(21,22)23/h3-11,24H,1-2H3,(H,25,27)/b16-11+. The number of anilines is 2. The average molecular weight is 422 g/mol. The van der Waals surface area contributed by atoms with Crippen LogP contribution in [0.5, 0.6) is 0 Å². The smallest absolute Gasteiger partial charge is 0.416 e. The Labute approximate surface area is 169 Å². The Morgan fingerprint density at radius 2 is 1.57 bits per heavy atom. The first-order chi connectivity index (χ1) is 14.1. The number of rotatable bonds is 6. The van der Waals surface area contributed by atoms with Crippen LogP contribution in [0.1, 0.15) is 15.9 Å². The molecule has 2 aromatic rings. The van der Waals surface area contributed by atoms with Gasteiger partial charge in [-0.3, -0.25) is 4.79 Å². The predicted molar refractivity (Wildman–Crippen MR) is 102 cm³/mol. The van der Waals surface area contributed by atoms with E-state index in [2.05, 4.69) is 20.1 Å². The van der Waals surface area contributed by atoms with Gasteiger partial charge in [0, 0.05) is 16.9 Å². The van der Waals surface area contributed by atoms with Crippen molar-refractivity contribution in [3.05, 3.63) is 71.4 Å². The van der Waals surface area contributed by atoms with Crippen molar-refractivity contribution in [3.63, 3.8) is 0 Å². The lowest BCUT2D eigenvalue weighted by Gasteiger charge is -2.11. The first-order valence-electron chi connectivity index (χ1n) is 8.37. The maximum atomic E-state index is 12.8. The second-order valence-corrected chi connectivity index (χ2v) is 5.81. The van der Waals surface area contributed by atoms with E-state index in [1.54, 1.807) is 0 Å². The van der Waals surface area contributed by atoms with E-state index in [9.17, 15) is 27.6 Å². The van der Waals surface area contributed by atoms with E-state index < -0.39 is 29.6 Å². The zero-order valence-corrected chi connectivity index (χ0v) is 15.9. The Kier molecular flexibility index (Phi) is 7.18. The summed E-state index contributed by atoms with van der Waals surface area (Å²) < 4.78 is 47.4. The number of halogens is 3. The Bertz CT molecular complexity index is 969. The third-order valence-corrected chi connectivity index (χ3v) is 3.74. The van der Waals surface area contributed by atoms with Gasteiger partial charge in [0.2, 0.25) is 0 Å². The fraction of sp³-hybridized carbons (Fsp3) is 0.150. The van der Waals surface area contributed by atoms with Crippen LogP contribution in [0.15, 0.2) is 60.3 Å². The quantitative estimate of drug-likeness (QED) is 0.546. The zero-order valence-electron chi connectivity index (χ0n) is 15.9. The van der Waals surface area contributed by atoms with Crippen molar-refractivity contribution in [1.82, 2.24) is 0 Å². The van der Waals surface area contributed by atoms with Crippen molar-refractivity contribution >= 4 is 29.2 Å². The molecule has 7 nitrogen and oxygen atoms in total. The lowest BCUT2D eigenvalue weighted by atomic mass is 10.1. The molecule has 2 aromatic carbocycles. The number of hydrogen-bond acceptors (Lipinski definition) is 6. The third kappa shape index (κ3) is 6.09. The molecule has 2 rings (SSSR count). The van der Waals surface area contributed by atoms with Gasteiger partial charge in [-0.25, -0.2) is 9.59 Å². The number of carbonyl (C=O) groups is 3. The molecule has 0 heterocycles. The van der Waals surface area contributed by atoms with Crippen molar-refractivity contribution < 1.29 is 37.0 Å². The first kappa shape index (κ1) is 22.5. The largest absolute Gasteiger partial charge is 0.466 e. The van der Waals surface area contributed by atoms with Gasteiger partial charge in [0.05, 0.1) is 25.9 Å². The first-order valence-corrected chi connectivity index (χ1v) is 8.37. The van der Waals surface area contributed by atoms with E-state index in [1.165, 1.54) is 36.4 Å². The van der Waals surface area contributed by atoms with Crippen LogP contribution < -0.4 is 10.6 Å². The van der Waals surface area contributed by atoms with Gasteiger partial charge in [-0.15, -0.1) is 0 Å². The van der Waals surface area contributed by atoms with Gasteiger partial charge in [-0.2, -0.15) is 13.2 Å². The number of methoxy groups -OCH3 is 2. The highest BCUT2D eigenvalue weighted by Crippen LogP contribution is 2.30. The summed E-state index contributed by atoms with van der Waals surface area (Å²) in [7, 11) is 2.28. The van der Waals surface area contributed by atoms with Crippen LogP contribution in [0.4, 0.5) is 24.5 Å². The number of amides is 1. The van der Waals surface area contributed by atoms with Crippen molar-refractivity contribution in [2.75, 3.05) is 24.9 Å². The van der Waals surface area contributed by atoms with E-state index >= 15 is 0 Å². The number of alkyl halides is 3. The molecular formula is C20H17F3N2O5. The second-order valence-electron chi connectivity index (χ2n) is 5.81. The van der Waals surface area contributed by atoms with Crippen LogP contribution in [-0.4, -0.2) is 32.1 Å². The van der Waals surface area contributed by atoms with Gasteiger partial charge in [0.15, 0.2) is 0 Å². The van der Waals surface area contributed by atoms with Gasteiger partial charge < -0.3 is 20.1 Å². The maximum Gasteiger partial charge on any atom is 0.416 e. The van der Waals surface area contributed by atoms with E-state index in [-0.39, 0.29) is 16.9 Å². The normalized spacial score (nSPS) is 11.4. The Morgan fingerprint density at radius 1 is 0.900 bits per heavy atom. The van der Waals surface area contributed by atoms with E-state index in [4.69, 9.17) is 0 Å². The average Bonchev–Trinajstić information content (AvgIpc) is 2.72. The molecule has 10 heteroatoms. The summed E-state index contributed by atoms with van der Waals surface area (Å²) in [6.45, 7) is 0. The number of esters is 2. The molecule has 0 bridgehead atoms. The van der Waals surface area contributed by atoms with Gasteiger partial charge in [0.25, 0.3) is 5.91 Å². The molecule has 0 saturated carbocycles. The van der Waals surface area contributed by atoms with E-state index in [1.807, 2.05) is 0 Å². The zero-order chi connectivity index (χ0) is 22.3. The lowest BCUT2D eigenvalue weighted by molar-refractivity contribution is -0.138. The topological polar surface area (TPSA) is 93.7 Å². The van der Waals surface area contributed by atoms with Crippen LogP contribution in [0.2, 0.25) is 0 Å². The molecule has 2 N–H and O–H groups in total. The third-order valence-electron chi connectivity index (χ3n) is 3.74. The number of nitrogens with one attached hydrogen (secondary N) is 2. The highest BCUT2D eigenvalue weighted by atomic mass is 19.4. The molecule has 0 radical (unpaired) electrons. The molecular weight excluding hydrogens is 405 g/mol. The minimum absolute atomic E-state index is 0.00832. The van der Waals surface area contributed by atoms with Crippen LogP contribution in [-0.2, 0) is 25.2 Å². The number of hydrogen-bond donors (Lipinski definition) is 2. The van der Waals surface area contributed by atoms with E-state index in [0.717, 1.165) is 32.4 Å². The van der Waals surface area contributed by atoms with Crippen molar-refractivity contribution in [2.24, 2.45) is 0 Å². The lowest BCUT2D eigenvalue weighted by Crippen LogP contribution is -2.16. The molecule has 30 heavy (non-hydrogen) atoms. The van der Waals surface area contributed by atoms with Crippen molar-refractivity contribution in [2.45, 2.75) is 6.18 Å². The van der Waals surface area contributed by atoms with Crippen molar-refractivity contribution in [1.29, 1.82) is 0 Å². The number of benzene rings is 2. The highest BCUT2D eigenvalue weighted by Gasteiger charge is 2.30. The van der Waals surface area contributed by atoms with Crippen LogP contribution in [0.25, 0.3) is 0 Å². The molecule has 1 amide bonds. The van der Waals surface area contributed by atoms with Crippen LogP contribution in [0.3, 0.4) is 0 Å². The number of carbonyl (C=O) groups excluding carboxylic acids is 3. The minimum Gasteiger partial charge on any atom is -0.466 e. The monoisotopic (exact) mass is 422 g/mol. The van der Waals surface area contributed by atoms with Crippen LogP contribution in [0, 0.1) is 0 Å². The van der Waals surface area contributed by atoms with E-state index in [0.29, 0.717) is 5.69 Å². The van der Waals surface area contributed by atoms with Gasteiger partial charge in [0.1, 0.15) is 5.70 Å². The van der Waals surface area contributed by atoms with Crippen molar-refractivity contribution in [3.8, 4) is 0 Å². The van der Waals surface area contributed by atoms with Gasteiger partial charge >= 0.3 is 18.1 Å². The predicted octanol–water partition coefficient (Wildman–Crippen LogP) is 3.60.